The third kappa shape index (κ3) is 25.8. The molecule has 0 rings (SSSR count). The molecule has 0 amide bonds. The number of aliphatic carboxylic acids is 1. The molecule has 0 fully saturated rings. The molecule has 0 aliphatic carbocycles. The Morgan fingerprint density at radius 2 is 0.700 bits per heavy atom. The average Bonchev–Trinajstić information content (AvgIpc) is 2.94. The first kappa shape index (κ1) is 38.8. The van der Waals surface area contributed by atoms with E-state index in [0.29, 0.717) is 19.3 Å². The van der Waals surface area contributed by atoms with Gasteiger partial charge >= 0.3 is 5.97 Å². The Hall–Kier alpha value is -1.19. The van der Waals surface area contributed by atoms with Gasteiger partial charge < -0.3 is 5.11 Å². The smallest absolute Gasteiger partial charge is 0.314 e. The number of hydrogen-bond acceptors (Lipinski definition) is 3. The summed E-state index contributed by atoms with van der Waals surface area (Å²) in [6.45, 7) is 4.52. The largest absolute Gasteiger partial charge is 0.481 e. The van der Waals surface area contributed by atoms with Gasteiger partial charge in [0.05, 0.1) is 0 Å². The van der Waals surface area contributed by atoms with Crippen molar-refractivity contribution in [2.75, 3.05) is 0 Å². The Morgan fingerprint density at radius 3 is 1.00 bits per heavy atom. The van der Waals surface area contributed by atoms with E-state index in [-0.39, 0.29) is 6.42 Å². The van der Waals surface area contributed by atoms with Crippen molar-refractivity contribution in [2.24, 2.45) is 5.92 Å². The molecular formula is C36H68O4. The van der Waals surface area contributed by atoms with Crippen molar-refractivity contribution in [3.63, 3.8) is 0 Å². The van der Waals surface area contributed by atoms with E-state index in [4.69, 9.17) is 0 Å². The molecule has 0 heterocycles. The van der Waals surface area contributed by atoms with E-state index in [1.54, 1.807) is 0 Å². The molecule has 40 heavy (non-hydrogen) atoms. The van der Waals surface area contributed by atoms with Gasteiger partial charge in [-0.05, 0) is 12.8 Å². The molecule has 0 aromatic heterocycles. The SMILES string of the molecule is CCCCCCCCCCCCCCCCC(=O)C(=O)C(CCCCCCCCCCCCCCCC)C(=O)O. The predicted octanol–water partition coefficient (Wildman–Crippen LogP) is 11.6. The maximum absolute atomic E-state index is 12.5. The fourth-order valence-corrected chi connectivity index (χ4v) is 5.71. The first-order valence-corrected chi connectivity index (χ1v) is 17.8. The lowest BCUT2D eigenvalue weighted by molar-refractivity contribution is -0.150. The van der Waals surface area contributed by atoms with Crippen LogP contribution in [0.1, 0.15) is 206 Å². The first-order chi connectivity index (χ1) is 19.5. The van der Waals surface area contributed by atoms with Gasteiger partial charge in [-0.1, -0.05) is 187 Å². The predicted molar refractivity (Wildman–Crippen MR) is 171 cm³/mol. The van der Waals surface area contributed by atoms with Crippen LogP contribution >= 0.6 is 0 Å². The van der Waals surface area contributed by atoms with Crippen molar-refractivity contribution in [1.82, 2.24) is 0 Å². The number of rotatable bonds is 33. The van der Waals surface area contributed by atoms with Gasteiger partial charge in [-0.15, -0.1) is 0 Å². The van der Waals surface area contributed by atoms with E-state index >= 15 is 0 Å². The summed E-state index contributed by atoms with van der Waals surface area (Å²) in [4.78, 5) is 36.5. The highest BCUT2D eigenvalue weighted by atomic mass is 16.4. The van der Waals surface area contributed by atoms with Gasteiger partial charge in [0.1, 0.15) is 5.92 Å². The molecule has 4 heteroatoms. The second kappa shape index (κ2) is 30.8. The van der Waals surface area contributed by atoms with Crippen molar-refractivity contribution >= 4 is 17.5 Å². The average molecular weight is 565 g/mol. The maximum Gasteiger partial charge on any atom is 0.314 e. The third-order valence-electron chi connectivity index (χ3n) is 8.49. The number of carboxylic acids is 1. The van der Waals surface area contributed by atoms with Gasteiger partial charge in [-0.2, -0.15) is 0 Å². The lowest BCUT2D eigenvalue weighted by Gasteiger charge is -2.10. The summed E-state index contributed by atoms with van der Waals surface area (Å²) in [6.07, 6.45) is 35.3. The third-order valence-corrected chi connectivity index (χ3v) is 8.49. The standard InChI is InChI=1S/C36H68O4/c1-3-5-7-9-11-13-15-17-19-21-23-25-27-29-31-33(36(39)40)35(38)34(37)32-30-28-26-24-22-20-18-16-14-12-10-8-6-4-2/h33H,3-32H2,1-2H3,(H,39,40). The molecule has 0 radical (unpaired) electrons. The lowest BCUT2D eigenvalue weighted by atomic mass is 9.92. The molecule has 0 bridgehead atoms. The van der Waals surface area contributed by atoms with Crippen molar-refractivity contribution in [3.05, 3.63) is 0 Å². The van der Waals surface area contributed by atoms with Crippen molar-refractivity contribution in [2.45, 2.75) is 206 Å². The minimum atomic E-state index is -1.14. The van der Waals surface area contributed by atoms with Crippen molar-refractivity contribution < 1.29 is 19.5 Å². The molecule has 1 atom stereocenters. The molecular weight excluding hydrogens is 496 g/mol. The van der Waals surface area contributed by atoms with E-state index in [1.807, 2.05) is 0 Å². The van der Waals surface area contributed by atoms with Gasteiger partial charge in [0.25, 0.3) is 0 Å². The van der Waals surface area contributed by atoms with Gasteiger partial charge in [0.2, 0.25) is 5.78 Å². The summed E-state index contributed by atoms with van der Waals surface area (Å²) in [7, 11) is 0. The van der Waals surface area contributed by atoms with Crippen LogP contribution in [0.25, 0.3) is 0 Å². The van der Waals surface area contributed by atoms with Crippen LogP contribution in [0.5, 0.6) is 0 Å². The second-order valence-electron chi connectivity index (χ2n) is 12.4. The second-order valence-corrected chi connectivity index (χ2v) is 12.4. The fraction of sp³-hybridized carbons (Fsp3) is 0.917. The zero-order chi connectivity index (χ0) is 29.5. The monoisotopic (exact) mass is 565 g/mol. The summed E-state index contributed by atoms with van der Waals surface area (Å²) >= 11 is 0. The zero-order valence-electron chi connectivity index (χ0n) is 27.0. The maximum atomic E-state index is 12.5. The Morgan fingerprint density at radius 1 is 0.425 bits per heavy atom. The Balaban J connectivity index is 3.68. The quantitative estimate of drug-likeness (QED) is 0.0489. The molecule has 236 valence electrons. The van der Waals surface area contributed by atoms with Crippen LogP contribution in [0.3, 0.4) is 0 Å². The highest BCUT2D eigenvalue weighted by Crippen LogP contribution is 2.18. The lowest BCUT2D eigenvalue weighted by Crippen LogP contribution is -2.30. The molecule has 1 unspecified atom stereocenters. The van der Waals surface area contributed by atoms with Crippen LogP contribution in [0.2, 0.25) is 0 Å². The van der Waals surface area contributed by atoms with Gasteiger partial charge in [0, 0.05) is 6.42 Å². The Bertz CT molecular complexity index is 585. The first-order valence-electron chi connectivity index (χ1n) is 17.8. The van der Waals surface area contributed by atoms with Gasteiger partial charge in [-0.3, -0.25) is 14.4 Å². The molecule has 0 spiro atoms. The van der Waals surface area contributed by atoms with E-state index < -0.39 is 23.5 Å². The summed E-state index contributed by atoms with van der Waals surface area (Å²) < 4.78 is 0. The summed E-state index contributed by atoms with van der Waals surface area (Å²) in [5, 5.41) is 9.52. The highest BCUT2D eigenvalue weighted by molar-refractivity contribution is 6.40. The Kier molecular flexibility index (Phi) is 29.8. The van der Waals surface area contributed by atoms with Crippen molar-refractivity contribution in [1.29, 1.82) is 0 Å². The molecule has 0 saturated carbocycles. The van der Waals surface area contributed by atoms with E-state index in [1.165, 1.54) is 141 Å². The van der Waals surface area contributed by atoms with E-state index in [9.17, 15) is 19.5 Å². The normalized spacial score (nSPS) is 12.1. The number of carbonyl (C=O) groups excluding carboxylic acids is 2. The van der Waals surface area contributed by atoms with Crippen LogP contribution in [-0.2, 0) is 14.4 Å². The molecule has 0 aromatic carbocycles. The van der Waals surface area contributed by atoms with Crippen LogP contribution in [-0.4, -0.2) is 22.6 Å². The number of carbonyl (C=O) groups is 3. The van der Waals surface area contributed by atoms with Gasteiger partial charge in [-0.25, -0.2) is 0 Å². The van der Waals surface area contributed by atoms with Crippen LogP contribution < -0.4 is 0 Å². The molecule has 1 N–H and O–H groups in total. The molecule has 0 saturated heterocycles. The summed E-state index contributed by atoms with van der Waals surface area (Å²) in [6, 6.07) is 0. The number of ketones is 2. The van der Waals surface area contributed by atoms with E-state index in [0.717, 1.165) is 25.7 Å². The number of Topliss-reactive ketones (excluding diaryl/α,β-unsaturated/α-hetero) is 2. The highest BCUT2D eigenvalue weighted by Gasteiger charge is 2.30. The topological polar surface area (TPSA) is 71.4 Å². The molecule has 0 aromatic rings. The number of carboxylic acid groups (broad SMARTS) is 1. The summed E-state index contributed by atoms with van der Waals surface area (Å²) in [5.41, 5.74) is 0. The summed E-state index contributed by atoms with van der Waals surface area (Å²) in [5.74, 6) is -3.42. The van der Waals surface area contributed by atoms with Crippen molar-refractivity contribution in [3.8, 4) is 0 Å². The molecule has 0 aliphatic heterocycles. The van der Waals surface area contributed by atoms with Crippen LogP contribution in [0.4, 0.5) is 0 Å². The van der Waals surface area contributed by atoms with E-state index in [2.05, 4.69) is 13.8 Å². The van der Waals surface area contributed by atoms with Crippen LogP contribution in [0, 0.1) is 5.92 Å². The van der Waals surface area contributed by atoms with Gasteiger partial charge in [0.15, 0.2) is 5.78 Å². The number of hydrogen-bond donors (Lipinski definition) is 1. The molecule has 4 nitrogen and oxygen atoms in total. The molecule has 0 aliphatic rings. The minimum Gasteiger partial charge on any atom is -0.481 e. The Labute approximate surface area is 249 Å². The minimum absolute atomic E-state index is 0.208. The van der Waals surface area contributed by atoms with Crippen LogP contribution in [0.15, 0.2) is 0 Å². The number of unbranched alkanes of at least 4 members (excludes halogenated alkanes) is 26. The zero-order valence-corrected chi connectivity index (χ0v) is 27.0. The fourth-order valence-electron chi connectivity index (χ4n) is 5.71.